The number of hydrogen-bond donors (Lipinski definition) is 2. The van der Waals surface area contributed by atoms with Gasteiger partial charge < -0.3 is 20.1 Å². The zero-order valence-electron chi connectivity index (χ0n) is 22.8. The Morgan fingerprint density at radius 2 is 1.83 bits per heavy atom. The monoisotopic (exact) mass is 612 g/mol. The molecule has 226 valence electrons. The van der Waals surface area contributed by atoms with Crippen LogP contribution in [0.2, 0.25) is 5.02 Å². The average molecular weight is 613 g/mol. The van der Waals surface area contributed by atoms with Crippen LogP contribution in [0.3, 0.4) is 0 Å². The molecule has 0 saturated carbocycles. The Morgan fingerprint density at radius 1 is 1.10 bits per heavy atom. The molecule has 4 unspecified atom stereocenters. The number of pyridine rings is 1. The first-order valence-electron chi connectivity index (χ1n) is 13.9. The molecule has 0 radical (unpaired) electrons. The van der Waals surface area contributed by atoms with Crippen LogP contribution in [0.1, 0.15) is 37.7 Å². The summed E-state index contributed by atoms with van der Waals surface area (Å²) in [7, 11) is 1.32. The third-order valence-corrected chi connectivity index (χ3v) is 8.71. The Balaban J connectivity index is 0.000000296. The molecule has 3 aromatic rings. The van der Waals surface area contributed by atoms with E-state index < -0.39 is 45.8 Å². The number of aromatic hydroxyl groups is 1. The average Bonchev–Trinajstić information content (AvgIpc) is 3.61. The zero-order valence-corrected chi connectivity index (χ0v) is 23.5. The van der Waals surface area contributed by atoms with Gasteiger partial charge >= 0.3 is 12.2 Å². The number of anilines is 1. The van der Waals surface area contributed by atoms with Crippen molar-refractivity contribution in [1.82, 2.24) is 25.2 Å². The molecule has 4 atom stereocenters. The molecule has 4 aliphatic rings. The number of nitrogens with one attached hydrogen (secondary N) is 1. The van der Waals surface area contributed by atoms with E-state index in [0.717, 1.165) is 37.9 Å². The largest absolute Gasteiger partial charge is 0.508 e. The minimum Gasteiger partial charge on any atom is -0.508 e. The van der Waals surface area contributed by atoms with Crippen molar-refractivity contribution in [3.05, 3.63) is 34.7 Å². The second kappa shape index (κ2) is 11.2. The summed E-state index contributed by atoms with van der Waals surface area (Å²) in [6, 6.07) is 2.54. The maximum Gasteiger partial charge on any atom is 0.418 e. The van der Waals surface area contributed by atoms with Gasteiger partial charge in [0.1, 0.15) is 28.9 Å². The Labute approximate surface area is 243 Å². The molecule has 0 amide bonds. The molecule has 4 saturated heterocycles. The van der Waals surface area contributed by atoms with Gasteiger partial charge in [-0.15, -0.1) is 0 Å². The van der Waals surface area contributed by atoms with Gasteiger partial charge in [0.05, 0.1) is 23.1 Å². The molecule has 8 nitrogen and oxygen atoms in total. The summed E-state index contributed by atoms with van der Waals surface area (Å²) in [5.41, 5.74) is -2.86. The lowest BCUT2D eigenvalue weighted by atomic mass is 10.0. The number of fused-ring (bicyclic) bond motifs is 4. The SMILES string of the molecule is COc1nc(N2CC3CCC(C2)N3)c2cnc(-c3cc(O)cc(Cl)c3C(F)(F)F)c(F)c2n1.FC1CC2CCCN2C1. The Kier molecular flexibility index (Phi) is 7.77. The molecule has 2 N–H and O–H groups in total. The highest BCUT2D eigenvalue weighted by atomic mass is 35.5. The van der Waals surface area contributed by atoms with Crippen LogP contribution in [-0.2, 0) is 6.18 Å². The molecular weight excluding hydrogens is 583 g/mol. The molecule has 1 aromatic carbocycles. The number of phenolic OH excluding ortho intramolecular Hbond substituents is 1. The number of nitrogens with zero attached hydrogens (tertiary/aromatic N) is 5. The van der Waals surface area contributed by atoms with Gasteiger partial charge in [-0.05, 0) is 50.8 Å². The second-order valence-electron chi connectivity index (χ2n) is 11.2. The van der Waals surface area contributed by atoms with Crippen molar-refractivity contribution in [2.24, 2.45) is 0 Å². The van der Waals surface area contributed by atoms with Gasteiger partial charge in [0.2, 0.25) is 0 Å². The molecule has 2 aromatic heterocycles. The van der Waals surface area contributed by atoms with E-state index in [0.29, 0.717) is 31.5 Å². The number of halogens is 6. The van der Waals surface area contributed by atoms with E-state index in [2.05, 4.69) is 25.2 Å². The van der Waals surface area contributed by atoms with Crippen molar-refractivity contribution in [2.45, 2.75) is 62.6 Å². The molecule has 14 heteroatoms. The van der Waals surface area contributed by atoms with Crippen LogP contribution in [0, 0.1) is 5.82 Å². The zero-order chi connectivity index (χ0) is 29.8. The highest BCUT2D eigenvalue weighted by molar-refractivity contribution is 6.32. The number of piperazine rings is 1. The first-order chi connectivity index (χ1) is 20.0. The molecular formula is C28H30ClF5N6O2. The van der Waals surface area contributed by atoms with Gasteiger partial charge in [-0.3, -0.25) is 9.88 Å². The fraction of sp³-hybridized carbons (Fsp3) is 0.536. The summed E-state index contributed by atoms with van der Waals surface area (Å²) in [6.45, 7) is 3.13. The van der Waals surface area contributed by atoms with Crippen LogP contribution in [0.25, 0.3) is 22.2 Å². The smallest absolute Gasteiger partial charge is 0.418 e. The predicted molar refractivity (Wildman–Crippen MR) is 147 cm³/mol. The van der Waals surface area contributed by atoms with Crippen LogP contribution in [0.4, 0.5) is 27.8 Å². The maximum atomic E-state index is 15.7. The maximum absolute atomic E-state index is 15.7. The van der Waals surface area contributed by atoms with Crippen molar-refractivity contribution < 1.29 is 31.8 Å². The van der Waals surface area contributed by atoms with Gasteiger partial charge in [0.15, 0.2) is 5.82 Å². The van der Waals surface area contributed by atoms with Gasteiger partial charge in [-0.25, -0.2) is 8.78 Å². The predicted octanol–water partition coefficient (Wildman–Crippen LogP) is 5.35. The van der Waals surface area contributed by atoms with Gasteiger partial charge in [-0.2, -0.15) is 23.1 Å². The number of ether oxygens (including phenoxy) is 1. The number of phenols is 1. The number of benzene rings is 1. The van der Waals surface area contributed by atoms with Crippen LogP contribution < -0.4 is 15.0 Å². The van der Waals surface area contributed by atoms with Crippen molar-refractivity contribution in [3.63, 3.8) is 0 Å². The number of alkyl halides is 4. The van der Waals surface area contributed by atoms with E-state index in [4.69, 9.17) is 16.3 Å². The van der Waals surface area contributed by atoms with E-state index in [1.807, 2.05) is 4.90 Å². The third-order valence-electron chi connectivity index (χ3n) is 8.42. The normalized spacial score (nSPS) is 25.5. The number of methoxy groups -OCH3 is 1. The lowest BCUT2D eigenvalue weighted by Crippen LogP contribution is -2.51. The Bertz CT molecular complexity index is 1470. The third kappa shape index (κ3) is 5.53. The number of rotatable bonds is 3. The van der Waals surface area contributed by atoms with Crippen LogP contribution in [0.5, 0.6) is 11.8 Å². The fourth-order valence-electron chi connectivity index (χ4n) is 6.61. The Hall–Kier alpha value is -3.03. The summed E-state index contributed by atoms with van der Waals surface area (Å²) >= 11 is 5.76. The lowest BCUT2D eigenvalue weighted by molar-refractivity contribution is -0.137. The molecule has 0 aliphatic carbocycles. The fourth-order valence-corrected chi connectivity index (χ4v) is 6.93. The van der Waals surface area contributed by atoms with Gasteiger partial charge in [0.25, 0.3) is 0 Å². The summed E-state index contributed by atoms with van der Waals surface area (Å²) in [6.07, 6.45) is 1.17. The van der Waals surface area contributed by atoms with E-state index >= 15 is 4.39 Å². The van der Waals surface area contributed by atoms with Crippen molar-refractivity contribution in [1.29, 1.82) is 0 Å². The molecule has 6 heterocycles. The van der Waals surface area contributed by atoms with Crippen LogP contribution in [-0.4, -0.2) is 82.5 Å². The van der Waals surface area contributed by atoms with Crippen molar-refractivity contribution in [2.75, 3.05) is 38.2 Å². The van der Waals surface area contributed by atoms with Crippen LogP contribution in [0.15, 0.2) is 18.3 Å². The van der Waals surface area contributed by atoms with Crippen molar-refractivity contribution in [3.8, 4) is 23.0 Å². The quantitative estimate of drug-likeness (QED) is 0.383. The number of aromatic nitrogens is 3. The van der Waals surface area contributed by atoms with E-state index in [9.17, 15) is 22.7 Å². The highest BCUT2D eigenvalue weighted by Gasteiger charge is 2.39. The first kappa shape index (κ1) is 29.1. The molecule has 2 bridgehead atoms. The molecule has 42 heavy (non-hydrogen) atoms. The molecule has 7 rings (SSSR count). The summed E-state index contributed by atoms with van der Waals surface area (Å²) < 4.78 is 74.5. The second-order valence-corrected chi connectivity index (χ2v) is 11.6. The molecule has 4 fully saturated rings. The summed E-state index contributed by atoms with van der Waals surface area (Å²) in [5, 5.41) is 12.8. The van der Waals surface area contributed by atoms with E-state index in [1.54, 1.807) is 0 Å². The summed E-state index contributed by atoms with van der Waals surface area (Å²) in [5.74, 6) is -1.25. The van der Waals surface area contributed by atoms with E-state index in [-0.39, 0.29) is 29.0 Å². The molecule has 0 spiro atoms. The minimum atomic E-state index is -4.90. The topological polar surface area (TPSA) is 86.6 Å². The first-order valence-corrected chi connectivity index (χ1v) is 14.3. The van der Waals surface area contributed by atoms with Gasteiger partial charge in [-0.1, -0.05) is 11.6 Å². The van der Waals surface area contributed by atoms with E-state index in [1.165, 1.54) is 26.1 Å². The minimum absolute atomic E-state index is 0.121. The highest BCUT2D eigenvalue weighted by Crippen LogP contribution is 2.44. The van der Waals surface area contributed by atoms with Gasteiger partial charge in [0, 0.05) is 49.5 Å². The van der Waals surface area contributed by atoms with Crippen LogP contribution >= 0.6 is 11.6 Å². The summed E-state index contributed by atoms with van der Waals surface area (Å²) in [4.78, 5) is 16.7. The Morgan fingerprint density at radius 3 is 2.50 bits per heavy atom. The standard InChI is InChI=1S/C21H18ClF4N5O2.C7H12FN/c1-33-20-29-18-13(19(30-20)31-7-9-2-3-10(8-31)28-9)6-27-17(16(18)23)12-4-11(32)5-14(22)15(12)21(24,25)26;8-6-4-7-2-1-3-9(7)5-6/h4-6,9-10,28,32H,2-3,7-8H2,1H3;6-7H,1-5H2. The molecule has 4 aliphatic heterocycles. The number of hydrogen-bond acceptors (Lipinski definition) is 8. The van der Waals surface area contributed by atoms with Crippen molar-refractivity contribution >= 4 is 28.3 Å². The lowest BCUT2D eigenvalue weighted by Gasteiger charge is -2.34.